The third kappa shape index (κ3) is 5.92. The number of rotatable bonds is 7. The molecule has 3 aromatic rings. The van der Waals surface area contributed by atoms with Gasteiger partial charge in [0.25, 0.3) is 11.5 Å². The van der Waals surface area contributed by atoms with Gasteiger partial charge in [-0.25, -0.2) is 0 Å². The molecule has 0 atom stereocenters. The fraction of sp³-hybridized carbons (Fsp3) is 0.407. The molecule has 11 heteroatoms. The van der Waals surface area contributed by atoms with E-state index in [1.54, 1.807) is 23.2 Å². The molecule has 0 saturated carbocycles. The predicted molar refractivity (Wildman–Crippen MR) is 151 cm³/mol. The summed E-state index contributed by atoms with van der Waals surface area (Å²) in [4.78, 5) is 44.1. The monoisotopic (exact) mass is 557 g/mol. The second kappa shape index (κ2) is 11.3. The van der Waals surface area contributed by atoms with Gasteiger partial charge in [-0.3, -0.25) is 14.4 Å². The van der Waals surface area contributed by atoms with Crippen LogP contribution < -0.4 is 10.5 Å². The van der Waals surface area contributed by atoms with Crippen molar-refractivity contribution in [3.63, 3.8) is 0 Å². The van der Waals surface area contributed by atoms with Gasteiger partial charge in [-0.05, 0) is 18.2 Å². The highest BCUT2D eigenvalue weighted by atomic mass is 35.5. The minimum absolute atomic E-state index is 0.0751. The number of ether oxygens (including phenoxy) is 1. The van der Waals surface area contributed by atoms with Crippen molar-refractivity contribution in [1.82, 2.24) is 19.2 Å². The normalized spacial score (nSPS) is 14.0. The fourth-order valence-electron chi connectivity index (χ4n) is 4.19. The molecule has 202 valence electrons. The van der Waals surface area contributed by atoms with Gasteiger partial charge >= 0.3 is 0 Å². The summed E-state index contributed by atoms with van der Waals surface area (Å²) in [5.74, 6) is 0.265. The number of aromatic nitrogens is 3. The number of thiophene rings is 1. The number of amides is 1. The number of halogens is 1. The lowest BCUT2D eigenvalue weighted by molar-refractivity contribution is -0.135. The van der Waals surface area contributed by atoms with Crippen molar-refractivity contribution in [2.75, 3.05) is 38.3 Å². The lowest BCUT2D eigenvalue weighted by atomic mass is 9.96. The third-order valence-electron chi connectivity index (χ3n) is 6.29. The summed E-state index contributed by atoms with van der Waals surface area (Å²) in [5.41, 5.74) is 0.283. The molecule has 0 spiro atoms. The van der Waals surface area contributed by atoms with Gasteiger partial charge in [-0.15, -0.1) is 11.3 Å². The second-order valence-corrected chi connectivity index (χ2v) is 12.0. The Hall–Kier alpha value is -3.21. The van der Waals surface area contributed by atoms with Crippen LogP contribution >= 0.6 is 22.9 Å². The van der Waals surface area contributed by atoms with Crippen LogP contribution in [0, 0.1) is 5.41 Å². The highest BCUT2D eigenvalue weighted by molar-refractivity contribution is 7.16. The number of nitrogens with zero attached hydrogens (tertiary/aromatic N) is 5. The highest BCUT2D eigenvalue weighted by Crippen LogP contribution is 2.31. The molecule has 0 radical (unpaired) electrons. The fourth-order valence-corrected chi connectivity index (χ4v) is 5.33. The van der Waals surface area contributed by atoms with Crippen molar-refractivity contribution in [1.29, 1.82) is 0 Å². The van der Waals surface area contributed by atoms with E-state index in [1.807, 2.05) is 44.9 Å². The van der Waals surface area contributed by atoms with Crippen molar-refractivity contribution in [2.24, 2.45) is 5.41 Å². The summed E-state index contributed by atoms with van der Waals surface area (Å²) in [6.07, 6.45) is 3.06. The number of carbonyl (C=O) groups is 2. The van der Waals surface area contributed by atoms with Crippen LogP contribution in [0.5, 0.6) is 0 Å². The molecule has 0 bridgehead atoms. The summed E-state index contributed by atoms with van der Waals surface area (Å²) in [5, 5.41) is 4.65. The summed E-state index contributed by atoms with van der Waals surface area (Å²) in [6, 6.07) is 7.32. The minimum Gasteiger partial charge on any atom is -0.378 e. The van der Waals surface area contributed by atoms with Crippen molar-refractivity contribution < 1.29 is 14.3 Å². The van der Waals surface area contributed by atoms with E-state index >= 15 is 0 Å². The van der Waals surface area contributed by atoms with Crippen LogP contribution in [0.2, 0.25) is 4.34 Å². The molecule has 9 nitrogen and oxygen atoms in total. The Morgan fingerprint density at radius 2 is 1.95 bits per heavy atom. The van der Waals surface area contributed by atoms with E-state index in [1.165, 1.54) is 26.7 Å². The van der Waals surface area contributed by atoms with Gasteiger partial charge in [0.2, 0.25) is 5.91 Å². The number of carbonyl (C=O) groups excluding carboxylic acids is 2. The van der Waals surface area contributed by atoms with E-state index in [9.17, 15) is 14.4 Å². The van der Waals surface area contributed by atoms with E-state index < -0.39 is 5.41 Å². The van der Waals surface area contributed by atoms with Crippen LogP contribution in [0.3, 0.4) is 0 Å². The minimum atomic E-state index is -0.685. The number of anilines is 1. The lowest BCUT2D eigenvalue weighted by Crippen LogP contribution is -2.43. The van der Waals surface area contributed by atoms with Crippen molar-refractivity contribution in [3.05, 3.63) is 62.2 Å². The van der Waals surface area contributed by atoms with E-state index in [0.717, 1.165) is 4.88 Å². The zero-order valence-electron chi connectivity index (χ0n) is 22.1. The molecule has 4 heterocycles. The smallest absolute Gasteiger partial charge is 0.258 e. The highest BCUT2D eigenvalue weighted by Gasteiger charge is 2.29. The van der Waals surface area contributed by atoms with Crippen LogP contribution in [0.1, 0.15) is 36.0 Å². The Morgan fingerprint density at radius 1 is 1.24 bits per heavy atom. The maximum Gasteiger partial charge on any atom is 0.258 e. The molecule has 0 unspecified atom stereocenters. The Morgan fingerprint density at radius 3 is 2.55 bits per heavy atom. The predicted octanol–water partition coefficient (Wildman–Crippen LogP) is 4.25. The molecule has 0 aromatic carbocycles. The van der Waals surface area contributed by atoms with Crippen molar-refractivity contribution >= 4 is 46.6 Å². The molecule has 1 aliphatic heterocycles. The first-order valence-electron chi connectivity index (χ1n) is 12.3. The second-order valence-electron chi connectivity index (χ2n) is 10.2. The van der Waals surface area contributed by atoms with Gasteiger partial charge in [0.15, 0.2) is 0 Å². The van der Waals surface area contributed by atoms with Gasteiger partial charge in [-0.2, -0.15) is 9.78 Å². The molecular formula is C27H32ClN5O4S. The van der Waals surface area contributed by atoms with Gasteiger partial charge in [0, 0.05) is 53.8 Å². The topological polar surface area (TPSA) is 89.7 Å². The molecule has 0 N–H and O–H groups in total. The van der Waals surface area contributed by atoms with Gasteiger partial charge < -0.3 is 19.1 Å². The molecule has 1 fully saturated rings. The van der Waals surface area contributed by atoms with Crippen LogP contribution in [0.25, 0.3) is 17.3 Å². The zero-order chi connectivity index (χ0) is 27.6. The van der Waals surface area contributed by atoms with Crippen LogP contribution in [0.4, 0.5) is 5.82 Å². The lowest BCUT2D eigenvalue weighted by Gasteiger charge is -2.27. The number of morpholine rings is 1. The molecular weight excluding hydrogens is 526 g/mol. The Balaban J connectivity index is 1.71. The van der Waals surface area contributed by atoms with Crippen LogP contribution in [0.15, 0.2) is 41.8 Å². The van der Waals surface area contributed by atoms with Crippen molar-refractivity contribution in [2.45, 2.75) is 33.9 Å². The SMILES string of the molecule is C=Cc1c(-c2cc(N(C)Cc3ccc(Cl)s3)n(C(=O)C(C)(C)C)n2)ccn(CC(=O)N2CCOCC2)c1=O. The third-order valence-corrected chi connectivity index (χ3v) is 7.51. The van der Waals surface area contributed by atoms with Crippen LogP contribution in [-0.4, -0.2) is 64.4 Å². The summed E-state index contributed by atoms with van der Waals surface area (Å²) in [7, 11) is 1.88. The van der Waals surface area contributed by atoms with E-state index in [-0.39, 0.29) is 23.9 Å². The maximum atomic E-state index is 13.4. The molecule has 0 aliphatic carbocycles. The van der Waals surface area contributed by atoms with E-state index in [4.69, 9.17) is 16.3 Å². The number of hydrogen-bond acceptors (Lipinski definition) is 7. The number of pyridine rings is 1. The van der Waals surface area contributed by atoms with Crippen LogP contribution in [-0.2, 0) is 22.6 Å². The first kappa shape index (κ1) is 27.8. The summed E-state index contributed by atoms with van der Waals surface area (Å²) in [6.45, 7) is 11.8. The standard InChI is InChI=1S/C27H32ClN5O4S/c1-6-19-20(9-10-32(25(19)35)17-24(34)31-11-13-37-14-12-31)21-15-23(33(29-21)26(36)27(2,3)4)30(5)16-18-7-8-22(28)38-18/h6-10,15H,1,11-14,16-17H2,2-5H3. The van der Waals surface area contributed by atoms with Gasteiger partial charge in [0.05, 0.1) is 29.8 Å². The maximum absolute atomic E-state index is 13.4. The molecule has 1 saturated heterocycles. The van der Waals surface area contributed by atoms with E-state index in [2.05, 4.69) is 11.7 Å². The van der Waals surface area contributed by atoms with E-state index in [0.29, 0.717) is 59.8 Å². The first-order chi connectivity index (χ1) is 18.0. The molecule has 1 aliphatic rings. The molecule has 3 aromatic heterocycles. The Kier molecular flexibility index (Phi) is 8.25. The Labute approximate surface area is 230 Å². The zero-order valence-corrected chi connectivity index (χ0v) is 23.6. The van der Waals surface area contributed by atoms with Crippen molar-refractivity contribution in [3.8, 4) is 11.3 Å². The van der Waals surface area contributed by atoms with Gasteiger partial charge in [-0.1, -0.05) is 45.0 Å². The Bertz CT molecular complexity index is 1410. The molecule has 38 heavy (non-hydrogen) atoms. The quantitative estimate of drug-likeness (QED) is 0.431. The molecule has 1 amide bonds. The largest absolute Gasteiger partial charge is 0.378 e. The molecule has 4 rings (SSSR count). The first-order valence-corrected chi connectivity index (χ1v) is 13.5. The average Bonchev–Trinajstić information content (AvgIpc) is 3.50. The van der Waals surface area contributed by atoms with Gasteiger partial charge in [0.1, 0.15) is 12.4 Å². The average molecular weight is 558 g/mol. The number of hydrogen-bond donors (Lipinski definition) is 0. The summed E-state index contributed by atoms with van der Waals surface area (Å²) >= 11 is 7.58. The summed E-state index contributed by atoms with van der Waals surface area (Å²) < 4.78 is 8.77.